The highest BCUT2D eigenvalue weighted by Gasteiger charge is 2.39. The normalized spacial score (nSPS) is 18.4. The molecule has 1 saturated heterocycles. The van der Waals surface area contributed by atoms with E-state index in [0.717, 1.165) is 46.8 Å². The van der Waals surface area contributed by atoms with Gasteiger partial charge in [-0.1, -0.05) is 63.2 Å². The summed E-state index contributed by atoms with van der Waals surface area (Å²) in [5.41, 5.74) is 4.49. The molecule has 1 aliphatic heterocycles. The van der Waals surface area contributed by atoms with E-state index in [1.807, 2.05) is 60.7 Å². The molecule has 186 valence electrons. The van der Waals surface area contributed by atoms with Crippen LogP contribution in [0, 0.1) is 5.41 Å². The number of amides is 1. The number of piperidine rings is 1. The first kappa shape index (κ1) is 23.9. The molecule has 36 heavy (non-hydrogen) atoms. The third-order valence-corrected chi connectivity index (χ3v) is 7.01. The van der Waals surface area contributed by atoms with Gasteiger partial charge in [-0.2, -0.15) is 0 Å². The van der Waals surface area contributed by atoms with Crippen molar-refractivity contribution in [1.29, 1.82) is 0 Å². The summed E-state index contributed by atoms with van der Waals surface area (Å²) in [6.07, 6.45) is 0.686. The van der Waals surface area contributed by atoms with Crippen molar-refractivity contribution in [2.45, 2.75) is 52.2 Å². The number of carboxylic acid groups (broad SMARTS) is 1. The molecule has 2 unspecified atom stereocenters. The van der Waals surface area contributed by atoms with E-state index in [1.165, 1.54) is 0 Å². The zero-order valence-corrected chi connectivity index (χ0v) is 20.9. The Labute approximate surface area is 211 Å². The lowest BCUT2D eigenvalue weighted by molar-refractivity contribution is 0.0521. The number of nitrogens with one attached hydrogen (secondary N) is 1. The van der Waals surface area contributed by atoms with Crippen LogP contribution in [0.5, 0.6) is 5.75 Å². The number of likely N-dealkylation sites (tertiary alicyclic amines) is 1. The van der Waals surface area contributed by atoms with Crippen LogP contribution in [-0.2, 0) is 6.61 Å². The Morgan fingerprint density at radius 2 is 1.81 bits per heavy atom. The van der Waals surface area contributed by atoms with E-state index < -0.39 is 6.09 Å². The number of hydrogen-bond donors (Lipinski definition) is 2. The number of ether oxygens (including phenoxy) is 1. The molecule has 2 aromatic carbocycles. The number of carbonyl (C=O) groups is 1. The van der Waals surface area contributed by atoms with Gasteiger partial charge < -0.3 is 19.7 Å². The highest BCUT2D eigenvalue weighted by molar-refractivity contribution is 5.76. The van der Waals surface area contributed by atoms with Crippen molar-refractivity contribution in [1.82, 2.24) is 19.9 Å². The molecule has 1 aliphatic rings. The van der Waals surface area contributed by atoms with E-state index in [-0.39, 0.29) is 17.4 Å². The van der Waals surface area contributed by atoms with Crippen LogP contribution in [0.15, 0.2) is 66.7 Å². The number of aromatic nitrogens is 3. The number of fused-ring (bicyclic) bond motifs is 1. The summed E-state index contributed by atoms with van der Waals surface area (Å²) in [6, 6.07) is 22.0. The lowest BCUT2D eigenvalue weighted by atomic mass is 9.76. The van der Waals surface area contributed by atoms with Crippen LogP contribution >= 0.6 is 0 Å². The number of nitrogens with zero attached hydrogens (tertiary/aromatic N) is 3. The lowest BCUT2D eigenvalue weighted by Crippen LogP contribution is -2.51. The number of imidazole rings is 1. The Kier molecular flexibility index (Phi) is 6.39. The van der Waals surface area contributed by atoms with Gasteiger partial charge in [0.15, 0.2) is 5.65 Å². The van der Waals surface area contributed by atoms with E-state index in [4.69, 9.17) is 14.7 Å². The topological polar surface area (TPSA) is 91.3 Å². The number of para-hydroxylation sites is 1. The molecule has 2 N–H and O–H groups in total. The molecule has 3 heterocycles. The smallest absolute Gasteiger partial charge is 0.407 e. The van der Waals surface area contributed by atoms with Crippen LogP contribution in [0.25, 0.3) is 22.6 Å². The Bertz CT molecular complexity index is 1340. The molecule has 1 amide bonds. The molecule has 7 nitrogen and oxygen atoms in total. The molecule has 1 fully saturated rings. The van der Waals surface area contributed by atoms with E-state index in [0.29, 0.717) is 18.8 Å². The molecule has 5 rings (SSSR count). The fourth-order valence-electron chi connectivity index (χ4n) is 5.00. The quantitative estimate of drug-likeness (QED) is 0.338. The number of pyridine rings is 1. The maximum atomic E-state index is 11.8. The zero-order chi connectivity index (χ0) is 25.3. The predicted octanol–water partition coefficient (Wildman–Crippen LogP) is 6.48. The Balaban J connectivity index is 1.31. The van der Waals surface area contributed by atoms with Crippen molar-refractivity contribution in [2.24, 2.45) is 5.41 Å². The molecule has 4 aromatic rings. The first-order chi connectivity index (χ1) is 17.3. The second kappa shape index (κ2) is 9.64. The number of benzene rings is 2. The highest BCUT2D eigenvalue weighted by Crippen LogP contribution is 2.39. The SMILES string of the molecule is CC(C)(C)C1CC(c2ccc3[nH]c(-c4ccc(COc5ccccc5)cc4)nc3n2)CCN1C(=O)O. The summed E-state index contributed by atoms with van der Waals surface area (Å²) in [7, 11) is 0. The minimum Gasteiger partial charge on any atom is -0.489 e. The van der Waals surface area contributed by atoms with Gasteiger partial charge >= 0.3 is 6.09 Å². The molecule has 0 bridgehead atoms. The molecule has 0 aliphatic carbocycles. The number of H-pyrrole nitrogens is 1. The van der Waals surface area contributed by atoms with Crippen molar-refractivity contribution >= 4 is 17.3 Å². The largest absolute Gasteiger partial charge is 0.489 e. The minimum atomic E-state index is -0.841. The third-order valence-electron chi connectivity index (χ3n) is 7.01. The summed E-state index contributed by atoms with van der Waals surface area (Å²) in [5.74, 6) is 1.83. The fraction of sp³-hybridized carbons (Fsp3) is 0.345. The first-order valence-corrected chi connectivity index (χ1v) is 12.4. The van der Waals surface area contributed by atoms with E-state index in [1.54, 1.807) is 4.90 Å². The summed E-state index contributed by atoms with van der Waals surface area (Å²) < 4.78 is 5.84. The second-order valence-electron chi connectivity index (χ2n) is 10.6. The third kappa shape index (κ3) is 5.05. The minimum absolute atomic E-state index is 0.0506. The van der Waals surface area contributed by atoms with Crippen LogP contribution in [0.3, 0.4) is 0 Å². The Hall–Kier alpha value is -3.87. The molecular formula is C29H32N4O3. The molecule has 7 heteroatoms. The van der Waals surface area contributed by atoms with Gasteiger partial charge in [0.1, 0.15) is 18.2 Å². The van der Waals surface area contributed by atoms with Gasteiger partial charge in [-0.3, -0.25) is 0 Å². The number of aromatic amines is 1. The van der Waals surface area contributed by atoms with Gasteiger partial charge in [0.05, 0.1) is 5.52 Å². The molecule has 2 aromatic heterocycles. The van der Waals surface area contributed by atoms with Crippen LogP contribution in [0.2, 0.25) is 0 Å². The molecule has 0 spiro atoms. The average molecular weight is 485 g/mol. The summed E-state index contributed by atoms with van der Waals surface area (Å²) >= 11 is 0. The Morgan fingerprint density at radius 3 is 2.50 bits per heavy atom. The van der Waals surface area contributed by atoms with E-state index in [2.05, 4.69) is 31.8 Å². The van der Waals surface area contributed by atoms with Gasteiger partial charge in [0.2, 0.25) is 0 Å². The standard InChI is InChI=1S/C29H32N4O3/c1-29(2,3)25-17-21(15-16-33(25)28(34)35)23-13-14-24-27(30-23)32-26(31-24)20-11-9-19(10-12-20)18-36-22-7-5-4-6-8-22/h4-14,21,25H,15-18H2,1-3H3,(H,34,35)(H,30,31,32). The van der Waals surface area contributed by atoms with Crippen molar-refractivity contribution < 1.29 is 14.6 Å². The van der Waals surface area contributed by atoms with Crippen LogP contribution in [0.1, 0.15) is 50.8 Å². The van der Waals surface area contributed by atoms with Gasteiger partial charge in [-0.15, -0.1) is 0 Å². The second-order valence-corrected chi connectivity index (χ2v) is 10.6. The monoisotopic (exact) mass is 484 g/mol. The average Bonchev–Trinajstić information content (AvgIpc) is 3.31. The van der Waals surface area contributed by atoms with E-state index >= 15 is 0 Å². The molecule has 0 radical (unpaired) electrons. The van der Waals surface area contributed by atoms with Crippen LogP contribution in [0.4, 0.5) is 4.79 Å². The zero-order valence-electron chi connectivity index (χ0n) is 20.9. The Morgan fingerprint density at radius 1 is 1.06 bits per heavy atom. The number of hydrogen-bond acceptors (Lipinski definition) is 4. The van der Waals surface area contributed by atoms with Gasteiger partial charge in [0.25, 0.3) is 0 Å². The fourth-order valence-corrected chi connectivity index (χ4v) is 5.00. The number of rotatable bonds is 5. The summed E-state index contributed by atoms with van der Waals surface area (Å²) in [6.45, 7) is 7.34. The van der Waals surface area contributed by atoms with Gasteiger partial charge in [-0.25, -0.2) is 14.8 Å². The maximum absolute atomic E-state index is 11.8. The van der Waals surface area contributed by atoms with Gasteiger partial charge in [-0.05, 0) is 48.1 Å². The highest BCUT2D eigenvalue weighted by atomic mass is 16.5. The summed E-state index contributed by atoms with van der Waals surface area (Å²) in [5, 5.41) is 9.67. The first-order valence-electron chi connectivity index (χ1n) is 12.4. The van der Waals surface area contributed by atoms with E-state index in [9.17, 15) is 9.90 Å². The van der Waals surface area contributed by atoms with Crippen LogP contribution < -0.4 is 4.74 Å². The van der Waals surface area contributed by atoms with Crippen LogP contribution in [-0.4, -0.2) is 43.6 Å². The van der Waals surface area contributed by atoms with Crippen molar-refractivity contribution in [3.05, 3.63) is 78.0 Å². The van der Waals surface area contributed by atoms with Gasteiger partial charge in [0, 0.05) is 29.8 Å². The van der Waals surface area contributed by atoms with Crippen molar-refractivity contribution in [3.63, 3.8) is 0 Å². The van der Waals surface area contributed by atoms with Crippen molar-refractivity contribution in [3.8, 4) is 17.1 Å². The molecular weight excluding hydrogens is 452 g/mol. The molecule has 0 saturated carbocycles. The molecule has 2 atom stereocenters. The summed E-state index contributed by atoms with van der Waals surface area (Å²) in [4.78, 5) is 26.4. The van der Waals surface area contributed by atoms with Crippen molar-refractivity contribution in [2.75, 3.05) is 6.54 Å². The maximum Gasteiger partial charge on any atom is 0.407 e. The lowest BCUT2D eigenvalue weighted by Gasteiger charge is -2.44. The predicted molar refractivity (Wildman–Crippen MR) is 140 cm³/mol.